The van der Waals surface area contributed by atoms with Gasteiger partial charge in [0.05, 0.1) is 5.41 Å². The van der Waals surface area contributed by atoms with Crippen LogP contribution in [0.5, 0.6) is 0 Å². The Kier molecular flexibility index (Phi) is 13.2. The summed E-state index contributed by atoms with van der Waals surface area (Å²) in [5.41, 5.74) is -0.564. The van der Waals surface area contributed by atoms with Gasteiger partial charge in [-0.2, -0.15) is 0 Å². The number of Topliss-reactive ketones (excluding diaryl/α,β-unsaturated/α-hetero) is 1. The lowest BCUT2D eigenvalue weighted by atomic mass is 9.73. The summed E-state index contributed by atoms with van der Waals surface area (Å²) < 4.78 is 5.54. The molecule has 1 amide bonds. The lowest BCUT2D eigenvalue weighted by Crippen LogP contribution is -2.38. The molecule has 4 atom stereocenters. The van der Waals surface area contributed by atoms with Gasteiger partial charge in [-0.05, 0) is 56.8 Å². The van der Waals surface area contributed by atoms with E-state index >= 15 is 0 Å². The molecule has 0 aromatic carbocycles. The zero-order valence-corrected chi connectivity index (χ0v) is 21.8. The van der Waals surface area contributed by atoms with Gasteiger partial charge in [0.2, 0.25) is 0 Å². The molecule has 0 heterocycles. The summed E-state index contributed by atoms with van der Waals surface area (Å²) in [6.07, 6.45) is 23.2. The fraction of sp³-hybridized carbons (Fsp3) is 0.862. The van der Waals surface area contributed by atoms with Crippen LogP contribution in [-0.4, -0.2) is 25.0 Å². The van der Waals surface area contributed by atoms with Crippen molar-refractivity contribution in [1.82, 2.24) is 5.32 Å². The van der Waals surface area contributed by atoms with E-state index in [2.05, 4.69) is 24.4 Å². The number of ketones is 1. The first-order chi connectivity index (χ1) is 16.0. The molecule has 4 nitrogen and oxygen atoms in total. The number of hydrogen-bond acceptors (Lipinski definition) is 3. The van der Waals surface area contributed by atoms with Crippen LogP contribution in [0.25, 0.3) is 0 Å². The van der Waals surface area contributed by atoms with E-state index in [0.29, 0.717) is 30.7 Å². The van der Waals surface area contributed by atoms with E-state index in [0.717, 1.165) is 25.7 Å². The van der Waals surface area contributed by atoms with Crippen LogP contribution < -0.4 is 5.32 Å². The van der Waals surface area contributed by atoms with Crippen LogP contribution in [0.2, 0.25) is 0 Å². The Balaban J connectivity index is 1.70. The SMILES string of the molecule is CCCCCCCCCCCCCC(=O)C(C)(COC(=O)NCCC)CC1CC2C=CC1C2. The van der Waals surface area contributed by atoms with E-state index in [4.69, 9.17) is 4.74 Å². The molecule has 4 heteroatoms. The van der Waals surface area contributed by atoms with Crippen molar-refractivity contribution in [1.29, 1.82) is 0 Å². The highest BCUT2D eigenvalue weighted by Crippen LogP contribution is 2.48. The first kappa shape index (κ1) is 27.9. The molecule has 1 fully saturated rings. The number of fused-ring (bicyclic) bond motifs is 2. The molecule has 2 rings (SSSR count). The van der Waals surface area contributed by atoms with Crippen molar-refractivity contribution in [2.45, 2.75) is 124 Å². The van der Waals surface area contributed by atoms with Gasteiger partial charge >= 0.3 is 6.09 Å². The van der Waals surface area contributed by atoms with E-state index in [1.165, 1.54) is 70.6 Å². The summed E-state index contributed by atoms with van der Waals surface area (Å²) in [7, 11) is 0. The Morgan fingerprint density at radius 3 is 2.06 bits per heavy atom. The number of ether oxygens (including phenoxy) is 1. The van der Waals surface area contributed by atoms with E-state index in [1.54, 1.807) is 0 Å². The average molecular weight is 462 g/mol. The van der Waals surface area contributed by atoms with Crippen LogP contribution in [0.1, 0.15) is 124 Å². The number of hydrogen-bond donors (Lipinski definition) is 1. The molecule has 0 aromatic rings. The number of amides is 1. The summed E-state index contributed by atoms with van der Waals surface area (Å²) in [5.74, 6) is 2.14. The normalized spacial score (nSPS) is 22.9. The molecule has 0 radical (unpaired) electrons. The minimum atomic E-state index is -0.564. The van der Waals surface area contributed by atoms with Crippen molar-refractivity contribution in [2.75, 3.05) is 13.2 Å². The zero-order valence-electron chi connectivity index (χ0n) is 21.8. The maximum absolute atomic E-state index is 13.3. The second-order valence-electron chi connectivity index (χ2n) is 11.0. The number of alkyl carbamates (subject to hydrolysis) is 1. The third-order valence-corrected chi connectivity index (χ3v) is 7.85. The van der Waals surface area contributed by atoms with Crippen LogP contribution >= 0.6 is 0 Å². The van der Waals surface area contributed by atoms with Crippen molar-refractivity contribution >= 4 is 11.9 Å². The predicted molar refractivity (Wildman–Crippen MR) is 137 cm³/mol. The first-order valence-electron chi connectivity index (χ1n) is 14.1. The van der Waals surface area contributed by atoms with Crippen LogP contribution in [0.15, 0.2) is 12.2 Å². The summed E-state index contributed by atoms with van der Waals surface area (Å²) in [6, 6.07) is 0. The molecular formula is C29H51NO3. The van der Waals surface area contributed by atoms with Crippen LogP contribution in [0.4, 0.5) is 4.79 Å². The molecule has 1 saturated carbocycles. The summed E-state index contributed by atoms with van der Waals surface area (Å²) >= 11 is 0. The highest BCUT2D eigenvalue weighted by Gasteiger charge is 2.43. The lowest BCUT2D eigenvalue weighted by molar-refractivity contribution is -0.131. The molecule has 0 spiro atoms. The fourth-order valence-corrected chi connectivity index (χ4v) is 5.72. The first-order valence-corrected chi connectivity index (χ1v) is 14.1. The predicted octanol–water partition coefficient (Wildman–Crippen LogP) is 8.00. The Morgan fingerprint density at radius 1 is 0.879 bits per heavy atom. The Bertz CT molecular complexity index is 602. The molecule has 33 heavy (non-hydrogen) atoms. The molecule has 1 N–H and O–H groups in total. The smallest absolute Gasteiger partial charge is 0.407 e. The van der Waals surface area contributed by atoms with Gasteiger partial charge < -0.3 is 10.1 Å². The van der Waals surface area contributed by atoms with Crippen molar-refractivity contribution < 1.29 is 14.3 Å². The van der Waals surface area contributed by atoms with Crippen LogP contribution in [-0.2, 0) is 9.53 Å². The number of nitrogens with one attached hydrogen (secondary N) is 1. The van der Waals surface area contributed by atoms with Gasteiger partial charge in [0.25, 0.3) is 0 Å². The highest BCUT2D eigenvalue weighted by atomic mass is 16.5. The van der Waals surface area contributed by atoms with Gasteiger partial charge in [0.15, 0.2) is 0 Å². The molecule has 2 aliphatic carbocycles. The second kappa shape index (κ2) is 15.6. The minimum absolute atomic E-state index is 0.205. The van der Waals surface area contributed by atoms with E-state index in [-0.39, 0.29) is 12.4 Å². The highest BCUT2D eigenvalue weighted by molar-refractivity contribution is 5.85. The van der Waals surface area contributed by atoms with Gasteiger partial charge in [-0.15, -0.1) is 0 Å². The second-order valence-corrected chi connectivity index (χ2v) is 11.0. The third-order valence-electron chi connectivity index (χ3n) is 7.85. The van der Waals surface area contributed by atoms with E-state index in [9.17, 15) is 9.59 Å². The van der Waals surface area contributed by atoms with Gasteiger partial charge in [-0.1, -0.05) is 90.2 Å². The molecule has 0 aromatic heterocycles. The Morgan fingerprint density at radius 2 is 1.52 bits per heavy atom. The van der Waals surface area contributed by atoms with Gasteiger partial charge in [0.1, 0.15) is 12.4 Å². The Hall–Kier alpha value is -1.32. The summed E-state index contributed by atoms with van der Waals surface area (Å²) in [5, 5.41) is 2.77. The Labute approximate surface area is 203 Å². The fourth-order valence-electron chi connectivity index (χ4n) is 5.72. The molecule has 4 unspecified atom stereocenters. The third kappa shape index (κ3) is 10.2. The van der Waals surface area contributed by atoms with E-state index < -0.39 is 11.5 Å². The quantitative estimate of drug-likeness (QED) is 0.157. The number of unbranched alkanes of at least 4 members (excludes halogenated alkanes) is 10. The summed E-state index contributed by atoms with van der Waals surface area (Å²) in [4.78, 5) is 25.4. The van der Waals surface area contributed by atoms with Gasteiger partial charge in [-0.25, -0.2) is 4.79 Å². The number of carbonyl (C=O) groups excluding carboxylic acids is 2. The number of carbonyl (C=O) groups is 2. The van der Waals surface area contributed by atoms with Crippen LogP contribution in [0, 0.1) is 23.2 Å². The molecule has 190 valence electrons. The largest absolute Gasteiger partial charge is 0.449 e. The zero-order chi connectivity index (χ0) is 23.9. The van der Waals surface area contributed by atoms with Crippen molar-refractivity contribution in [2.24, 2.45) is 23.2 Å². The van der Waals surface area contributed by atoms with Crippen molar-refractivity contribution in [3.05, 3.63) is 12.2 Å². The monoisotopic (exact) mass is 461 g/mol. The standard InChI is InChI=1S/C29H51NO3/c1-4-6-7-8-9-10-11-12-13-14-15-16-27(31)29(3,23-33-28(32)30-19-5-2)22-26-21-24-17-18-25(26)20-24/h17-18,24-26H,4-16,19-23H2,1-3H3,(H,30,32). The minimum Gasteiger partial charge on any atom is -0.449 e. The van der Waals surface area contributed by atoms with Crippen molar-refractivity contribution in [3.8, 4) is 0 Å². The molecule has 0 saturated heterocycles. The number of rotatable bonds is 19. The van der Waals surface area contributed by atoms with E-state index in [1.807, 2.05) is 13.8 Å². The van der Waals surface area contributed by atoms with Gasteiger partial charge in [-0.3, -0.25) is 4.79 Å². The molecule has 2 aliphatic rings. The molecule has 2 bridgehead atoms. The topological polar surface area (TPSA) is 55.4 Å². The van der Waals surface area contributed by atoms with Crippen LogP contribution in [0.3, 0.4) is 0 Å². The molecular weight excluding hydrogens is 410 g/mol. The average Bonchev–Trinajstić information content (AvgIpc) is 3.43. The number of allylic oxidation sites excluding steroid dienone is 2. The maximum atomic E-state index is 13.3. The molecule has 0 aliphatic heterocycles. The van der Waals surface area contributed by atoms with Gasteiger partial charge in [0, 0.05) is 13.0 Å². The maximum Gasteiger partial charge on any atom is 0.407 e. The summed E-state index contributed by atoms with van der Waals surface area (Å²) in [6.45, 7) is 7.14. The van der Waals surface area contributed by atoms with Crippen molar-refractivity contribution in [3.63, 3.8) is 0 Å². The lowest BCUT2D eigenvalue weighted by Gasteiger charge is -2.32.